The number of hydrogen-bond acceptors (Lipinski definition) is 9. The van der Waals surface area contributed by atoms with Crippen molar-refractivity contribution in [3.63, 3.8) is 0 Å². The normalized spacial score (nSPS) is 11.0. The Kier molecular flexibility index (Phi) is 8.18. The number of rotatable bonds is 10. The van der Waals surface area contributed by atoms with Gasteiger partial charge in [0, 0.05) is 40.5 Å². The van der Waals surface area contributed by atoms with Crippen molar-refractivity contribution in [2.24, 2.45) is 0 Å². The number of halogens is 3. The van der Waals surface area contributed by atoms with Gasteiger partial charge in [-0.1, -0.05) is 11.2 Å². The topological polar surface area (TPSA) is 123 Å². The zero-order valence-corrected chi connectivity index (χ0v) is 22.0. The van der Waals surface area contributed by atoms with E-state index in [0.29, 0.717) is 39.9 Å². The third-order valence-corrected chi connectivity index (χ3v) is 5.74. The molecule has 5 aromatic rings. The van der Waals surface area contributed by atoms with E-state index in [0.717, 1.165) is 5.69 Å². The lowest BCUT2D eigenvalue weighted by Crippen LogP contribution is -2.21. The molecule has 0 unspecified atom stereocenters. The van der Waals surface area contributed by atoms with Crippen molar-refractivity contribution < 1.29 is 32.0 Å². The standard InChI is InChI=1S/C29H23F3N6O4/c1-40-24-4-2-3-22(16-24)34-17-26(39)36-21-7-5-18(6-8-21)28-37-27(38-42-28)19-13-14-33-25(15-19)35-20-9-11-23(12-10-20)41-29(30,31)32/h2-16,34H,17H2,1H3,(H,33,35)(H,36,39). The van der Waals surface area contributed by atoms with E-state index in [1.54, 1.807) is 49.6 Å². The zero-order chi connectivity index (χ0) is 29.5. The van der Waals surface area contributed by atoms with Crippen molar-refractivity contribution in [2.45, 2.75) is 6.36 Å². The Bertz CT molecular complexity index is 1660. The number of benzene rings is 3. The van der Waals surface area contributed by atoms with Gasteiger partial charge in [0.2, 0.25) is 11.7 Å². The van der Waals surface area contributed by atoms with Crippen LogP contribution in [0.4, 0.5) is 36.1 Å². The fraction of sp³-hybridized carbons (Fsp3) is 0.103. The van der Waals surface area contributed by atoms with Crippen LogP contribution in [0.5, 0.6) is 11.5 Å². The Morgan fingerprint density at radius 2 is 1.64 bits per heavy atom. The van der Waals surface area contributed by atoms with E-state index in [1.807, 2.05) is 18.2 Å². The van der Waals surface area contributed by atoms with E-state index in [1.165, 1.54) is 30.5 Å². The number of carbonyl (C=O) groups is 1. The van der Waals surface area contributed by atoms with Gasteiger partial charge in [-0.2, -0.15) is 4.98 Å². The van der Waals surface area contributed by atoms with Crippen LogP contribution in [0, 0.1) is 0 Å². The Labute approximate surface area is 237 Å². The molecule has 0 atom stereocenters. The highest BCUT2D eigenvalue weighted by molar-refractivity contribution is 5.94. The van der Waals surface area contributed by atoms with Crippen molar-refractivity contribution >= 4 is 28.8 Å². The Hall–Kier alpha value is -5.59. The molecule has 0 bridgehead atoms. The highest BCUT2D eigenvalue weighted by atomic mass is 19.4. The average Bonchev–Trinajstić information content (AvgIpc) is 3.48. The van der Waals surface area contributed by atoms with Gasteiger partial charge in [-0.15, -0.1) is 13.2 Å². The second-order valence-corrected chi connectivity index (χ2v) is 8.76. The number of pyridine rings is 1. The molecule has 0 spiro atoms. The zero-order valence-electron chi connectivity index (χ0n) is 22.0. The maximum absolute atomic E-state index is 12.4. The summed E-state index contributed by atoms with van der Waals surface area (Å²) in [7, 11) is 1.58. The van der Waals surface area contributed by atoms with Crippen LogP contribution in [0.25, 0.3) is 22.8 Å². The van der Waals surface area contributed by atoms with Crippen LogP contribution >= 0.6 is 0 Å². The molecule has 0 saturated heterocycles. The molecular formula is C29H23F3N6O4. The molecule has 42 heavy (non-hydrogen) atoms. The molecule has 10 nitrogen and oxygen atoms in total. The molecule has 0 aliphatic rings. The first-order valence-corrected chi connectivity index (χ1v) is 12.5. The average molecular weight is 577 g/mol. The Morgan fingerprint density at radius 1 is 0.881 bits per heavy atom. The van der Waals surface area contributed by atoms with E-state index < -0.39 is 6.36 Å². The third kappa shape index (κ3) is 7.53. The lowest BCUT2D eigenvalue weighted by molar-refractivity contribution is -0.274. The Morgan fingerprint density at radius 3 is 2.38 bits per heavy atom. The number of amides is 1. The lowest BCUT2D eigenvalue weighted by Gasteiger charge is -2.10. The molecule has 214 valence electrons. The summed E-state index contributed by atoms with van der Waals surface area (Å²) in [5, 5.41) is 12.9. The summed E-state index contributed by atoms with van der Waals surface area (Å²) < 4.78 is 51.6. The van der Waals surface area contributed by atoms with Crippen LogP contribution in [0.3, 0.4) is 0 Å². The first-order chi connectivity index (χ1) is 20.2. The number of carbonyl (C=O) groups excluding carboxylic acids is 1. The summed E-state index contributed by atoms with van der Waals surface area (Å²) in [6, 6.07) is 22.8. The minimum absolute atomic E-state index is 0.0719. The van der Waals surface area contributed by atoms with Gasteiger partial charge < -0.3 is 29.9 Å². The predicted octanol–water partition coefficient (Wildman–Crippen LogP) is 6.50. The van der Waals surface area contributed by atoms with E-state index in [9.17, 15) is 18.0 Å². The summed E-state index contributed by atoms with van der Waals surface area (Å²) in [6.45, 7) is 0.0719. The van der Waals surface area contributed by atoms with E-state index in [2.05, 4.69) is 35.8 Å². The summed E-state index contributed by atoms with van der Waals surface area (Å²) in [5.41, 5.74) is 3.12. The maximum Gasteiger partial charge on any atom is 0.573 e. The number of alkyl halides is 3. The lowest BCUT2D eigenvalue weighted by atomic mass is 10.2. The smallest absolute Gasteiger partial charge is 0.497 e. The molecule has 13 heteroatoms. The second-order valence-electron chi connectivity index (χ2n) is 8.76. The van der Waals surface area contributed by atoms with Gasteiger partial charge in [0.1, 0.15) is 17.3 Å². The minimum Gasteiger partial charge on any atom is -0.497 e. The first kappa shape index (κ1) is 28.0. The Balaban J connectivity index is 1.18. The second kappa shape index (κ2) is 12.3. The van der Waals surface area contributed by atoms with Gasteiger partial charge >= 0.3 is 6.36 Å². The molecule has 2 aromatic heterocycles. The number of methoxy groups -OCH3 is 1. The third-order valence-electron chi connectivity index (χ3n) is 5.74. The van der Waals surface area contributed by atoms with Crippen LogP contribution in [0.15, 0.2) is 95.6 Å². The fourth-order valence-corrected chi connectivity index (χ4v) is 3.80. The number of hydrogen-bond donors (Lipinski definition) is 3. The number of aromatic nitrogens is 3. The summed E-state index contributed by atoms with van der Waals surface area (Å²) >= 11 is 0. The first-order valence-electron chi connectivity index (χ1n) is 12.5. The minimum atomic E-state index is -4.76. The van der Waals surface area contributed by atoms with Crippen molar-refractivity contribution in [1.29, 1.82) is 0 Å². The predicted molar refractivity (Wildman–Crippen MR) is 149 cm³/mol. The van der Waals surface area contributed by atoms with Gasteiger partial charge in [-0.3, -0.25) is 4.79 Å². The SMILES string of the molecule is COc1cccc(NCC(=O)Nc2ccc(-c3nc(-c4ccnc(Nc5ccc(OC(F)(F)F)cc5)c4)no3)cc2)c1. The van der Waals surface area contributed by atoms with Crippen molar-refractivity contribution in [3.05, 3.63) is 91.1 Å². The molecule has 0 radical (unpaired) electrons. The molecule has 1 amide bonds. The van der Waals surface area contributed by atoms with Crippen LogP contribution in [-0.2, 0) is 4.79 Å². The van der Waals surface area contributed by atoms with E-state index >= 15 is 0 Å². The fourth-order valence-electron chi connectivity index (χ4n) is 3.80. The van der Waals surface area contributed by atoms with Crippen molar-refractivity contribution in [1.82, 2.24) is 15.1 Å². The van der Waals surface area contributed by atoms with E-state index in [-0.39, 0.29) is 24.1 Å². The summed E-state index contributed by atoms with van der Waals surface area (Å²) in [6.07, 6.45) is -3.22. The maximum atomic E-state index is 12.4. The molecule has 2 heterocycles. The van der Waals surface area contributed by atoms with Gasteiger partial charge in [0.25, 0.3) is 5.89 Å². The van der Waals surface area contributed by atoms with Crippen LogP contribution in [-0.4, -0.2) is 41.0 Å². The van der Waals surface area contributed by atoms with Gasteiger partial charge in [0.05, 0.1) is 13.7 Å². The highest BCUT2D eigenvalue weighted by Crippen LogP contribution is 2.27. The highest BCUT2D eigenvalue weighted by Gasteiger charge is 2.31. The number of anilines is 4. The van der Waals surface area contributed by atoms with Gasteiger partial charge in [0.15, 0.2) is 0 Å². The molecule has 3 N–H and O–H groups in total. The molecule has 3 aromatic carbocycles. The van der Waals surface area contributed by atoms with Crippen LogP contribution in [0.1, 0.15) is 0 Å². The molecule has 0 fully saturated rings. The largest absolute Gasteiger partial charge is 0.573 e. The molecule has 0 aliphatic carbocycles. The van der Waals surface area contributed by atoms with Crippen molar-refractivity contribution in [2.75, 3.05) is 29.6 Å². The summed E-state index contributed by atoms with van der Waals surface area (Å²) in [4.78, 5) is 21.0. The number of nitrogens with zero attached hydrogens (tertiary/aromatic N) is 3. The van der Waals surface area contributed by atoms with Crippen LogP contribution in [0.2, 0.25) is 0 Å². The molecule has 0 aliphatic heterocycles. The quantitative estimate of drug-likeness (QED) is 0.171. The summed E-state index contributed by atoms with van der Waals surface area (Å²) in [5.74, 6) is 1.14. The number of nitrogens with one attached hydrogen (secondary N) is 3. The molecule has 0 saturated carbocycles. The van der Waals surface area contributed by atoms with Gasteiger partial charge in [-0.05, 0) is 72.8 Å². The monoisotopic (exact) mass is 576 g/mol. The van der Waals surface area contributed by atoms with Crippen molar-refractivity contribution in [3.8, 4) is 34.3 Å². The van der Waals surface area contributed by atoms with E-state index in [4.69, 9.17) is 9.26 Å². The molecular weight excluding hydrogens is 553 g/mol. The van der Waals surface area contributed by atoms with Gasteiger partial charge in [-0.25, -0.2) is 4.98 Å². The van der Waals surface area contributed by atoms with Crippen LogP contribution < -0.4 is 25.4 Å². The molecule has 5 rings (SSSR count). The number of ether oxygens (including phenoxy) is 2.